The fourth-order valence-electron chi connectivity index (χ4n) is 1.21. The first-order valence-electron chi connectivity index (χ1n) is 5.35. The number of likely N-dealkylation sites (N-methyl/N-ethyl adjacent to an activating group) is 1. The Hall–Kier alpha value is -1.34. The number of nitrogens with zero attached hydrogens (tertiary/aromatic N) is 1. The highest BCUT2D eigenvalue weighted by Crippen LogP contribution is 1.92. The second-order valence-corrected chi connectivity index (χ2v) is 3.72. The lowest BCUT2D eigenvalue weighted by atomic mass is 10.3. The predicted molar refractivity (Wildman–Crippen MR) is 60.8 cm³/mol. The molecular formula is C10H20N2O5. The molecule has 0 spiro atoms. The smallest absolute Gasteiger partial charge is 0.317 e. The van der Waals surface area contributed by atoms with E-state index in [0.717, 1.165) is 0 Å². The van der Waals surface area contributed by atoms with E-state index < -0.39 is 12.1 Å². The van der Waals surface area contributed by atoms with Crippen molar-refractivity contribution < 1.29 is 24.5 Å². The van der Waals surface area contributed by atoms with Crippen molar-refractivity contribution in [2.24, 2.45) is 0 Å². The van der Waals surface area contributed by atoms with Crippen molar-refractivity contribution in [2.45, 2.75) is 18.9 Å². The van der Waals surface area contributed by atoms with Crippen LogP contribution in [0.25, 0.3) is 0 Å². The molecule has 0 saturated heterocycles. The summed E-state index contributed by atoms with van der Waals surface area (Å²) in [5.41, 5.74) is 0. The first-order chi connectivity index (χ1) is 7.97. The lowest BCUT2D eigenvalue weighted by molar-refractivity contribution is -0.137. The molecule has 0 saturated carbocycles. The van der Waals surface area contributed by atoms with Crippen LogP contribution < -0.4 is 5.32 Å². The van der Waals surface area contributed by atoms with Crippen LogP contribution >= 0.6 is 0 Å². The number of nitrogens with one attached hydrogen (secondary N) is 1. The van der Waals surface area contributed by atoms with Gasteiger partial charge in [-0.05, 0) is 6.42 Å². The highest BCUT2D eigenvalue weighted by Gasteiger charge is 2.12. The number of aliphatic carboxylic acids is 1. The van der Waals surface area contributed by atoms with Crippen molar-refractivity contribution in [2.75, 3.05) is 33.9 Å². The molecule has 2 amide bonds. The normalized spacial score (nSPS) is 11.9. The Morgan fingerprint density at radius 2 is 2.12 bits per heavy atom. The highest BCUT2D eigenvalue weighted by atomic mass is 16.5. The minimum absolute atomic E-state index is 0.0241. The van der Waals surface area contributed by atoms with Crippen LogP contribution in [0.3, 0.4) is 0 Å². The van der Waals surface area contributed by atoms with Gasteiger partial charge in [0, 0.05) is 27.1 Å². The molecule has 0 aliphatic heterocycles. The maximum absolute atomic E-state index is 11.4. The van der Waals surface area contributed by atoms with E-state index in [-0.39, 0.29) is 25.6 Å². The zero-order valence-electron chi connectivity index (χ0n) is 10.2. The Morgan fingerprint density at radius 3 is 2.65 bits per heavy atom. The van der Waals surface area contributed by atoms with Crippen molar-refractivity contribution in [1.82, 2.24) is 10.2 Å². The van der Waals surface area contributed by atoms with Gasteiger partial charge in [0.15, 0.2) is 0 Å². The molecule has 0 bridgehead atoms. The van der Waals surface area contributed by atoms with Gasteiger partial charge in [-0.1, -0.05) is 0 Å². The van der Waals surface area contributed by atoms with E-state index in [2.05, 4.69) is 5.32 Å². The Morgan fingerprint density at radius 1 is 1.47 bits per heavy atom. The monoisotopic (exact) mass is 248 g/mol. The SMILES string of the molecule is COCC(O)CN(C)C(=O)NCCCC(=O)O. The number of ether oxygens (including phenoxy) is 1. The third-order valence-electron chi connectivity index (χ3n) is 2.03. The lowest BCUT2D eigenvalue weighted by Gasteiger charge is -2.20. The molecule has 0 heterocycles. The number of carboxylic acid groups (broad SMARTS) is 1. The number of amides is 2. The molecule has 1 unspecified atom stereocenters. The molecule has 0 rings (SSSR count). The largest absolute Gasteiger partial charge is 0.481 e. The number of carbonyl (C=O) groups is 2. The number of methoxy groups -OCH3 is 1. The highest BCUT2D eigenvalue weighted by molar-refractivity contribution is 5.74. The molecule has 0 aromatic heterocycles. The zero-order chi connectivity index (χ0) is 13.3. The van der Waals surface area contributed by atoms with Crippen LogP contribution in [-0.4, -0.2) is 67.1 Å². The van der Waals surface area contributed by atoms with Crippen LogP contribution in [0.15, 0.2) is 0 Å². The van der Waals surface area contributed by atoms with Gasteiger partial charge in [0.1, 0.15) is 0 Å². The average Bonchev–Trinajstić information content (AvgIpc) is 2.23. The number of aliphatic hydroxyl groups excluding tert-OH is 1. The second-order valence-electron chi connectivity index (χ2n) is 3.72. The summed E-state index contributed by atoms with van der Waals surface area (Å²) in [5, 5.41) is 20.3. The van der Waals surface area contributed by atoms with E-state index in [9.17, 15) is 14.7 Å². The van der Waals surface area contributed by atoms with Crippen molar-refractivity contribution >= 4 is 12.0 Å². The van der Waals surface area contributed by atoms with E-state index in [1.54, 1.807) is 7.05 Å². The van der Waals surface area contributed by atoms with Gasteiger partial charge in [-0.3, -0.25) is 4.79 Å². The molecule has 7 nitrogen and oxygen atoms in total. The fraction of sp³-hybridized carbons (Fsp3) is 0.800. The van der Waals surface area contributed by atoms with Crippen LogP contribution in [0.4, 0.5) is 4.79 Å². The zero-order valence-corrected chi connectivity index (χ0v) is 10.2. The van der Waals surface area contributed by atoms with Gasteiger partial charge in [0.2, 0.25) is 0 Å². The first kappa shape index (κ1) is 15.7. The van der Waals surface area contributed by atoms with Crippen molar-refractivity contribution in [3.05, 3.63) is 0 Å². The van der Waals surface area contributed by atoms with Crippen molar-refractivity contribution in [3.8, 4) is 0 Å². The minimum atomic E-state index is -0.886. The van der Waals surface area contributed by atoms with Gasteiger partial charge in [-0.2, -0.15) is 0 Å². The Bertz CT molecular complexity index is 247. The van der Waals surface area contributed by atoms with Crippen molar-refractivity contribution in [3.63, 3.8) is 0 Å². The number of hydrogen-bond acceptors (Lipinski definition) is 4. The molecule has 0 aliphatic carbocycles. The fourth-order valence-corrected chi connectivity index (χ4v) is 1.21. The van der Waals surface area contributed by atoms with E-state index in [4.69, 9.17) is 9.84 Å². The first-order valence-corrected chi connectivity index (χ1v) is 5.35. The van der Waals surface area contributed by atoms with Crippen molar-refractivity contribution in [1.29, 1.82) is 0 Å². The molecule has 7 heteroatoms. The summed E-state index contributed by atoms with van der Waals surface area (Å²) in [7, 11) is 3.01. The van der Waals surface area contributed by atoms with E-state index >= 15 is 0 Å². The quantitative estimate of drug-likeness (QED) is 0.503. The molecule has 0 fully saturated rings. The van der Waals surface area contributed by atoms with E-state index in [0.29, 0.717) is 13.0 Å². The molecule has 0 aromatic carbocycles. The number of carbonyl (C=O) groups excluding carboxylic acids is 1. The lowest BCUT2D eigenvalue weighted by Crippen LogP contribution is -2.42. The summed E-state index contributed by atoms with van der Waals surface area (Å²) in [4.78, 5) is 23.0. The van der Waals surface area contributed by atoms with Gasteiger partial charge in [0.25, 0.3) is 0 Å². The maximum atomic E-state index is 11.4. The summed E-state index contributed by atoms with van der Waals surface area (Å²) >= 11 is 0. The summed E-state index contributed by atoms with van der Waals surface area (Å²) in [6.45, 7) is 0.630. The summed E-state index contributed by atoms with van der Waals surface area (Å²) in [5.74, 6) is -0.886. The van der Waals surface area contributed by atoms with Gasteiger partial charge in [-0.15, -0.1) is 0 Å². The molecule has 17 heavy (non-hydrogen) atoms. The van der Waals surface area contributed by atoms with E-state index in [1.807, 2.05) is 0 Å². The third kappa shape index (κ3) is 8.47. The van der Waals surface area contributed by atoms with Crippen LogP contribution in [0.5, 0.6) is 0 Å². The number of urea groups is 1. The standard InChI is InChI=1S/C10H20N2O5/c1-12(6-8(13)7-17-2)10(16)11-5-3-4-9(14)15/h8,13H,3-7H2,1-2H3,(H,11,16)(H,14,15). The summed E-state index contributed by atoms with van der Waals surface area (Å²) in [6.07, 6.45) is -0.319. The van der Waals surface area contributed by atoms with Gasteiger partial charge in [0.05, 0.1) is 19.3 Å². The minimum Gasteiger partial charge on any atom is -0.481 e. The Kier molecular flexibility index (Phi) is 8.08. The Balaban J connectivity index is 3.70. The second kappa shape index (κ2) is 8.77. The molecule has 0 aromatic rings. The third-order valence-corrected chi connectivity index (χ3v) is 2.03. The number of rotatable bonds is 8. The van der Waals surface area contributed by atoms with E-state index in [1.165, 1.54) is 12.0 Å². The predicted octanol–water partition coefficient (Wildman–Crippen LogP) is -0.500. The molecule has 0 aliphatic rings. The Labute approximate surface area is 100 Å². The molecule has 3 N–H and O–H groups in total. The van der Waals surface area contributed by atoms with Crippen LogP contribution in [0.1, 0.15) is 12.8 Å². The van der Waals surface area contributed by atoms with Crippen LogP contribution in [-0.2, 0) is 9.53 Å². The van der Waals surface area contributed by atoms with Gasteiger partial charge >= 0.3 is 12.0 Å². The van der Waals surface area contributed by atoms with Crippen LogP contribution in [0, 0.1) is 0 Å². The number of hydrogen-bond donors (Lipinski definition) is 3. The molecular weight excluding hydrogens is 228 g/mol. The summed E-state index contributed by atoms with van der Waals surface area (Å²) in [6, 6.07) is -0.342. The van der Waals surface area contributed by atoms with Gasteiger partial charge < -0.3 is 25.2 Å². The molecule has 1 atom stereocenters. The molecule has 100 valence electrons. The number of carboxylic acids is 1. The summed E-state index contributed by atoms with van der Waals surface area (Å²) < 4.78 is 4.74. The number of aliphatic hydroxyl groups is 1. The topological polar surface area (TPSA) is 99.1 Å². The average molecular weight is 248 g/mol. The maximum Gasteiger partial charge on any atom is 0.317 e. The van der Waals surface area contributed by atoms with Crippen LogP contribution in [0.2, 0.25) is 0 Å². The van der Waals surface area contributed by atoms with Gasteiger partial charge in [-0.25, -0.2) is 4.79 Å². The molecule has 0 radical (unpaired) electrons.